The fourth-order valence-corrected chi connectivity index (χ4v) is 2.36. The molecule has 0 aliphatic heterocycles. The van der Waals surface area contributed by atoms with Crippen molar-refractivity contribution in [2.75, 3.05) is 5.32 Å². The lowest BCUT2D eigenvalue weighted by Crippen LogP contribution is -2.09. The van der Waals surface area contributed by atoms with Crippen LogP contribution in [0.3, 0.4) is 0 Å². The first-order chi connectivity index (χ1) is 8.72. The highest BCUT2D eigenvalue weighted by Gasteiger charge is 2.10. The number of hydrogen-bond donors (Lipinski definition) is 1. The molecule has 7 nitrogen and oxygen atoms in total. The van der Waals surface area contributed by atoms with Crippen molar-refractivity contribution in [2.45, 2.75) is 19.9 Å². The van der Waals surface area contributed by atoms with Crippen LogP contribution >= 0.6 is 11.3 Å². The van der Waals surface area contributed by atoms with Gasteiger partial charge in [-0.15, -0.1) is 26.2 Å². The Kier molecular flexibility index (Phi) is 2.63. The van der Waals surface area contributed by atoms with Crippen molar-refractivity contribution in [1.29, 1.82) is 0 Å². The summed E-state index contributed by atoms with van der Waals surface area (Å²) in [7, 11) is 0. The molecule has 1 N–H and O–H groups in total. The van der Waals surface area contributed by atoms with Crippen molar-refractivity contribution in [2.24, 2.45) is 0 Å². The fourth-order valence-electron chi connectivity index (χ4n) is 1.58. The summed E-state index contributed by atoms with van der Waals surface area (Å²) in [6, 6.07) is 3.77. The zero-order chi connectivity index (χ0) is 12.5. The molecule has 0 amide bonds. The van der Waals surface area contributed by atoms with Crippen LogP contribution in [0.1, 0.15) is 22.9 Å². The summed E-state index contributed by atoms with van der Waals surface area (Å²) in [6.07, 6.45) is 1.87. The summed E-state index contributed by atoms with van der Waals surface area (Å²) in [4.78, 5) is 5.54. The molecular formula is C10H11N7S. The van der Waals surface area contributed by atoms with Gasteiger partial charge in [-0.05, 0) is 36.4 Å². The minimum atomic E-state index is 0.102. The zero-order valence-corrected chi connectivity index (χ0v) is 10.7. The lowest BCUT2D eigenvalue weighted by molar-refractivity contribution is 0.727. The van der Waals surface area contributed by atoms with Crippen molar-refractivity contribution >= 4 is 22.8 Å². The van der Waals surface area contributed by atoms with Crippen molar-refractivity contribution in [3.8, 4) is 0 Å². The van der Waals surface area contributed by atoms with Crippen molar-refractivity contribution in [3.63, 3.8) is 0 Å². The summed E-state index contributed by atoms with van der Waals surface area (Å²) < 4.78 is 1.39. The molecule has 92 valence electrons. The van der Waals surface area contributed by atoms with Gasteiger partial charge < -0.3 is 5.32 Å². The molecular weight excluding hydrogens is 250 g/mol. The second kappa shape index (κ2) is 4.30. The van der Waals surface area contributed by atoms with E-state index in [1.54, 1.807) is 11.3 Å². The van der Waals surface area contributed by atoms with Crippen LogP contribution in [0.2, 0.25) is 0 Å². The quantitative estimate of drug-likeness (QED) is 0.768. The first-order valence-corrected chi connectivity index (χ1v) is 6.28. The SMILES string of the molecule is Cc1cnc(C(C)Nc2ccc3nnnn3n2)s1. The van der Waals surface area contributed by atoms with E-state index in [4.69, 9.17) is 0 Å². The molecule has 3 aromatic rings. The normalized spacial score (nSPS) is 12.8. The number of rotatable bonds is 3. The number of hydrogen-bond acceptors (Lipinski definition) is 7. The molecule has 0 bridgehead atoms. The predicted octanol–water partition coefficient (Wildman–Crippen LogP) is 1.46. The van der Waals surface area contributed by atoms with Gasteiger partial charge in [-0.25, -0.2) is 4.98 Å². The van der Waals surface area contributed by atoms with Gasteiger partial charge in [-0.3, -0.25) is 0 Å². The first kappa shape index (κ1) is 11.0. The average molecular weight is 261 g/mol. The van der Waals surface area contributed by atoms with Crippen LogP contribution in [-0.2, 0) is 0 Å². The second-order valence-electron chi connectivity index (χ2n) is 3.92. The molecule has 0 saturated heterocycles. The number of aryl methyl sites for hydroxylation is 1. The minimum absolute atomic E-state index is 0.102. The lowest BCUT2D eigenvalue weighted by atomic mass is 10.3. The van der Waals surface area contributed by atoms with Gasteiger partial charge in [0, 0.05) is 11.1 Å². The van der Waals surface area contributed by atoms with E-state index in [1.807, 2.05) is 32.2 Å². The monoisotopic (exact) mass is 261 g/mol. The Morgan fingerprint density at radius 2 is 2.28 bits per heavy atom. The molecule has 0 fully saturated rings. The molecule has 8 heteroatoms. The fraction of sp³-hybridized carbons (Fsp3) is 0.300. The van der Waals surface area contributed by atoms with Gasteiger partial charge in [0.1, 0.15) is 10.8 Å². The Morgan fingerprint density at radius 3 is 3.06 bits per heavy atom. The molecule has 1 unspecified atom stereocenters. The number of fused-ring (bicyclic) bond motifs is 1. The van der Waals surface area contributed by atoms with Gasteiger partial charge in [0.05, 0.1) is 6.04 Å². The van der Waals surface area contributed by atoms with Crippen LogP contribution in [0.4, 0.5) is 5.82 Å². The van der Waals surface area contributed by atoms with Crippen LogP contribution in [0.25, 0.3) is 5.65 Å². The van der Waals surface area contributed by atoms with Crippen LogP contribution < -0.4 is 5.32 Å². The lowest BCUT2D eigenvalue weighted by Gasteiger charge is -2.11. The maximum Gasteiger partial charge on any atom is 0.200 e. The van der Waals surface area contributed by atoms with E-state index in [0.29, 0.717) is 5.65 Å². The topological polar surface area (TPSA) is 80.9 Å². The number of tetrazole rings is 1. The minimum Gasteiger partial charge on any atom is -0.360 e. The summed E-state index contributed by atoms with van der Waals surface area (Å²) in [5.41, 5.74) is 0.623. The highest BCUT2D eigenvalue weighted by atomic mass is 32.1. The summed E-state index contributed by atoms with van der Waals surface area (Å²) in [6.45, 7) is 4.09. The van der Waals surface area contributed by atoms with Crippen molar-refractivity contribution in [3.05, 3.63) is 28.2 Å². The van der Waals surface area contributed by atoms with Crippen LogP contribution in [0.5, 0.6) is 0 Å². The largest absolute Gasteiger partial charge is 0.360 e. The first-order valence-electron chi connectivity index (χ1n) is 5.46. The third-order valence-corrected chi connectivity index (χ3v) is 3.54. The highest BCUT2D eigenvalue weighted by molar-refractivity contribution is 7.11. The summed E-state index contributed by atoms with van der Waals surface area (Å²) in [5, 5.41) is 19.7. The summed E-state index contributed by atoms with van der Waals surface area (Å²) in [5.74, 6) is 0.718. The standard InChI is InChI=1S/C10H11N7S/c1-6-5-11-10(18-6)7(2)12-8-3-4-9-13-15-16-17(9)14-8/h3-5,7H,1-2H3,(H,12,14). The Labute approximate surface area is 107 Å². The molecule has 0 radical (unpaired) electrons. The average Bonchev–Trinajstić information content (AvgIpc) is 2.96. The second-order valence-corrected chi connectivity index (χ2v) is 5.19. The summed E-state index contributed by atoms with van der Waals surface area (Å²) >= 11 is 1.67. The number of thiazole rings is 1. The van der Waals surface area contributed by atoms with E-state index in [-0.39, 0.29) is 6.04 Å². The van der Waals surface area contributed by atoms with E-state index in [1.165, 1.54) is 9.51 Å². The van der Waals surface area contributed by atoms with E-state index >= 15 is 0 Å². The molecule has 0 aromatic carbocycles. The number of aromatic nitrogens is 6. The number of anilines is 1. The molecule has 3 aromatic heterocycles. The van der Waals surface area contributed by atoms with Gasteiger partial charge in [-0.2, -0.15) is 0 Å². The molecule has 18 heavy (non-hydrogen) atoms. The zero-order valence-electron chi connectivity index (χ0n) is 9.90. The van der Waals surface area contributed by atoms with Gasteiger partial charge >= 0.3 is 0 Å². The molecule has 3 rings (SSSR count). The third-order valence-electron chi connectivity index (χ3n) is 2.44. The van der Waals surface area contributed by atoms with Crippen LogP contribution in [-0.4, -0.2) is 30.2 Å². The third kappa shape index (κ3) is 2.02. The molecule has 0 aliphatic carbocycles. The predicted molar refractivity (Wildman–Crippen MR) is 67.5 cm³/mol. The van der Waals surface area contributed by atoms with Crippen LogP contribution in [0, 0.1) is 6.92 Å². The highest BCUT2D eigenvalue weighted by Crippen LogP contribution is 2.22. The molecule has 0 saturated carbocycles. The molecule has 0 aliphatic rings. The van der Waals surface area contributed by atoms with Gasteiger partial charge in [0.25, 0.3) is 0 Å². The van der Waals surface area contributed by atoms with E-state index in [9.17, 15) is 0 Å². The van der Waals surface area contributed by atoms with Gasteiger partial charge in [-0.1, -0.05) is 0 Å². The Morgan fingerprint density at radius 1 is 1.39 bits per heavy atom. The molecule has 0 spiro atoms. The Bertz CT molecular complexity index is 673. The van der Waals surface area contributed by atoms with Crippen molar-refractivity contribution < 1.29 is 0 Å². The molecule has 1 atom stereocenters. The smallest absolute Gasteiger partial charge is 0.200 e. The Balaban J connectivity index is 1.83. The maximum atomic E-state index is 4.35. The van der Waals surface area contributed by atoms with E-state index in [0.717, 1.165) is 10.8 Å². The molecule has 3 heterocycles. The van der Waals surface area contributed by atoms with Crippen LogP contribution in [0.15, 0.2) is 18.3 Å². The van der Waals surface area contributed by atoms with E-state index < -0.39 is 0 Å². The maximum absolute atomic E-state index is 4.35. The van der Waals surface area contributed by atoms with Gasteiger partial charge in [0.2, 0.25) is 0 Å². The number of nitrogens with zero attached hydrogens (tertiary/aromatic N) is 6. The van der Waals surface area contributed by atoms with E-state index in [2.05, 4.69) is 30.9 Å². The Hall–Kier alpha value is -2.09. The van der Waals surface area contributed by atoms with Gasteiger partial charge in [0.15, 0.2) is 5.65 Å². The van der Waals surface area contributed by atoms with Crippen molar-refractivity contribution in [1.82, 2.24) is 30.2 Å². The number of nitrogens with one attached hydrogen (secondary N) is 1.